The van der Waals surface area contributed by atoms with E-state index >= 15 is 0 Å². The van der Waals surface area contributed by atoms with Crippen LogP contribution in [-0.2, 0) is 49.6 Å². The van der Waals surface area contributed by atoms with Gasteiger partial charge in [-0.25, -0.2) is 9.78 Å². The number of aliphatic hydroxyl groups is 1. The van der Waals surface area contributed by atoms with Crippen molar-refractivity contribution in [1.29, 1.82) is 0 Å². The molecule has 0 radical (unpaired) electrons. The number of likely N-dealkylation sites (tertiary alicyclic amines) is 1. The number of amides is 8. The van der Waals surface area contributed by atoms with Crippen LogP contribution in [0.4, 0.5) is 0 Å². The number of aliphatic hydroxyl groups excluding tert-OH is 1. The highest BCUT2D eigenvalue weighted by Crippen LogP contribution is 2.21. The van der Waals surface area contributed by atoms with E-state index < -0.39 is 121 Å². The summed E-state index contributed by atoms with van der Waals surface area (Å²) in [6, 6.07) is -8.73. The molecule has 1 aliphatic rings. The zero-order valence-electron chi connectivity index (χ0n) is 34.4. The summed E-state index contributed by atoms with van der Waals surface area (Å²) in [6.45, 7) is 9.07. The van der Waals surface area contributed by atoms with Crippen LogP contribution in [0.5, 0.6) is 0 Å². The molecule has 0 unspecified atom stereocenters. The van der Waals surface area contributed by atoms with Crippen molar-refractivity contribution in [2.75, 3.05) is 19.7 Å². The van der Waals surface area contributed by atoms with Crippen LogP contribution in [0, 0.1) is 17.8 Å². The van der Waals surface area contributed by atoms with Crippen LogP contribution in [0.25, 0.3) is 0 Å². The Labute approximate surface area is 342 Å². The molecule has 59 heavy (non-hydrogen) atoms. The quantitative estimate of drug-likeness (QED) is 0.0483. The predicted octanol–water partition coefficient (Wildman–Crippen LogP) is -3.49. The molecule has 1 aromatic rings. The number of H-pyrrole nitrogens is 1. The summed E-state index contributed by atoms with van der Waals surface area (Å²) in [5.74, 6) is -8.63. The third-order valence-electron chi connectivity index (χ3n) is 9.86. The number of primary amides is 1. The summed E-state index contributed by atoms with van der Waals surface area (Å²) >= 11 is 0. The van der Waals surface area contributed by atoms with Gasteiger partial charge in [0.15, 0.2) is 0 Å². The van der Waals surface area contributed by atoms with Gasteiger partial charge in [0.1, 0.15) is 36.3 Å². The first kappa shape index (κ1) is 49.5. The molecule has 0 bridgehead atoms. The lowest BCUT2D eigenvalue weighted by molar-refractivity contribution is -0.143. The number of hydrogen-bond donors (Lipinski definition) is 11. The number of nitrogens with one attached hydrogen (secondary N) is 7. The van der Waals surface area contributed by atoms with Crippen molar-refractivity contribution in [2.24, 2.45) is 29.2 Å². The van der Waals surface area contributed by atoms with E-state index in [0.717, 1.165) is 0 Å². The second kappa shape index (κ2) is 23.7. The number of imidazole rings is 1. The molecule has 22 heteroatoms. The number of rotatable bonds is 24. The molecule has 8 amide bonds. The fraction of sp³-hybridized carbons (Fsp3) is 0.676. The Balaban J connectivity index is 2.07. The molecular formula is C37H61N11O11. The van der Waals surface area contributed by atoms with Crippen molar-refractivity contribution in [3.8, 4) is 0 Å². The van der Waals surface area contributed by atoms with E-state index in [1.807, 2.05) is 27.7 Å². The van der Waals surface area contributed by atoms with Crippen LogP contribution in [0.1, 0.15) is 79.3 Å². The highest BCUT2D eigenvalue weighted by atomic mass is 16.4. The monoisotopic (exact) mass is 835 g/mol. The molecule has 1 fully saturated rings. The van der Waals surface area contributed by atoms with Crippen molar-refractivity contribution in [3.63, 3.8) is 0 Å². The maximum absolute atomic E-state index is 13.8. The van der Waals surface area contributed by atoms with Gasteiger partial charge in [-0.15, -0.1) is 0 Å². The average molecular weight is 836 g/mol. The standard InChI is InChI=1S/C37H61N11O11/c1-7-20(6)29(39)34(55)45-23(11-18(2)3)36(57)48-10-8-9-26(48)33(54)44-22(13-27(38)50)31(52)41-15-28(51)43-25(16-49)32(53)47-30(19(4)5)35(56)46-24(37(58)59)12-21-14-40-17-42-21/h14,17-20,22-26,29-30,49H,7-13,15-16,39H2,1-6H3,(H2,38,50)(H,40,42)(H,41,52)(H,43,51)(H,44,54)(H,45,55)(H,46,56)(H,47,53)(H,58,59)/t20-,22-,23-,24-,25-,26-,29-,30-/m0/s1. The van der Waals surface area contributed by atoms with Crippen molar-refractivity contribution in [2.45, 2.75) is 122 Å². The number of carbonyl (C=O) groups is 9. The van der Waals surface area contributed by atoms with Crippen molar-refractivity contribution >= 4 is 53.2 Å². The number of carboxylic acid groups (broad SMARTS) is 1. The van der Waals surface area contributed by atoms with Gasteiger partial charge in [-0.1, -0.05) is 48.0 Å². The zero-order chi connectivity index (χ0) is 44.6. The molecule has 2 rings (SSSR count). The molecular weight excluding hydrogens is 774 g/mol. The molecule has 1 saturated heterocycles. The molecule has 330 valence electrons. The second-order valence-corrected chi connectivity index (χ2v) is 15.5. The third kappa shape index (κ3) is 15.6. The fourth-order valence-electron chi connectivity index (χ4n) is 6.25. The number of aromatic amines is 1. The maximum Gasteiger partial charge on any atom is 0.326 e. The number of nitrogens with two attached hydrogens (primary N) is 2. The molecule has 2 heterocycles. The number of carbonyl (C=O) groups excluding carboxylic acids is 8. The average Bonchev–Trinajstić information content (AvgIpc) is 3.88. The first-order chi connectivity index (χ1) is 27.7. The highest BCUT2D eigenvalue weighted by Gasteiger charge is 2.40. The summed E-state index contributed by atoms with van der Waals surface area (Å²) in [5, 5.41) is 33.9. The number of hydrogen-bond acceptors (Lipinski definition) is 12. The largest absolute Gasteiger partial charge is 0.480 e. The Morgan fingerprint density at radius 1 is 0.881 bits per heavy atom. The van der Waals surface area contributed by atoms with Crippen LogP contribution < -0.4 is 43.4 Å². The van der Waals surface area contributed by atoms with Gasteiger partial charge in [0.05, 0.1) is 31.9 Å². The van der Waals surface area contributed by atoms with Crippen LogP contribution in [0.2, 0.25) is 0 Å². The Bertz CT molecular complexity index is 1640. The lowest BCUT2D eigenvalue weighted by Gasteiger charge is -2.31. The topological polar surface area (TPSA) is 350 Å². The van der Waals surface area contributed by atoms with E-state index in [1.54, 1.807) is 13.8 Å². The highest BCUT2D eigenvalue weighted by molar-refractivity contribution is 5.98. The summed E-state index contributed by atoms with van der Waals surface area (Å²) < 4.78 is 0. The SMILES string of the molecule is CC[C@H](C)[C@H](N)C(=O)N[C@@H](CC(C)C)C(=O)N1CCC[C@H]1C(=O)N[C@@H](CC(N)=O)C(=O)NCC(=O)N[C@@H](CO)C(=O)N[C@H](C(=O)N[C@@H](Cc1cnc[nH]1)C(=O)O)C(C)C. The van der Waals surface area contributed by atoms with E-state index in [0.29, 0.717) is 18.5 Å². The van der Waals surface area contributed by atoms with Gasteiger partial charge in [0.25, 0.3) is 0 Å². The van der Waals surface area contributed by atoms with Crippen molar-refractivity contribution < 1.29 is 53.4 Å². The number of nitrogens with zero attached hydrogens (tertiary/aromatic N) is 2. The van der Waals surface area contributed by atoms with Gasteiger partial charge >= 0.3 is 5.97 Å². The van der Waals surface area contributed by atoms with E-state index in [-0.39, 0.29) is 37.6 Å². The minimum Gasteiger partial charge on any atom is -0.480 e. The number of aromatic nitrogens is 2. The Kier molecular flexibility index (Phi) is 19.9. The Morgan fingerprint density at radius 3 is 2.08 bits per heavy atom. The summed E-state index contributed by atoms with van der Waals surface area (Å²) in [5.41, 5.74) is 11.9. The van der Waals surface area contributed by atoms with Crippen LogP contribution in [0.15, 0.2) is 12.5 Å². The zero-order valence-corrected chi connectivity index (χ0v) is 34.4. The van der Waals surface area contributed by atoms with E-state index in [9.17, 15) is 53.4 Å². The first-order valence-electron chi connectivity index (χ1n) is 19.6. The van der Waals surface area contributed by atoms with E-state index in [1.165, 1.54) is 17.4 Å². The smallest absolute Gasteiger partial charge is 0.326 e. The summed E-state index contributed by atoms with van der Waals surface area (Å²) in [4.78, 5) is 124. The van der Waals surface area contributed by atoms with Gasteiger partial charge in [-0.3, -0.25) is 38.4 Å². The summed E-state index contributed by atoms with van der Waals surface area (Å²) in [7, 11) is 0. The minimum absolute atomic E-state index is 0.0115. The molecule has 0 aromatic carbocycles. The Hall–Kier alpha value is -5.64. The van der Waals surface area contributed by atoms with Crippen LogP contribution in [0.3, 0.4) is 0 Å². The number of carboxylic acids is 1. The van der Waals surface area contributed by atoms with E-state index in [2.05, 4.69) is 41.9 Å². The van der Waals surface area contributed by atoms with Crippen molar-refractivity contribution in [1.82, 2.24) is 46.8 Å². The molecule has 0 spiro atoms. The van der Waals surface area contributed by atoms with Gasteiger partial charge in [-0.05, 0) is 37.0 Å². The molecule has 1 aliphatic heterocycles. The van der Waals surface area contributed by atoms with Gasteiger partial charge in [0, 0.05) is 24.9 Å². The lowest BCUT2D eigenvalue weighted by atomic mass is 9.97. The molecule has 0 saturated carbocycles. The maximum atomic E-state index is 13.8. The number of aliphatic carboxylic acids is 1. The first-order valence-corrected chi connectivity index (χ1v) is 19.6. The van der Waals surface area contributed by atoms with Gasteiger partial charge in [0.2, 0.25) is 47.3 Å². The van der Waals surface area contributed by atoms with Gasteiger partial charge < -0.3 is 63.5 Å². The predicted molar refractivity (Wildman–Crippen MR) is 210 cm³/mol. The second-order valence-electron chi connectivity index (χ2n) is 15.5. The normalized spacial score (nSPS) is 17.4. The fourth-order valence-corrected chi connectivity index (χ4v) is 6.25. The third-order valence-corrected chi connectivity index (χ3v) is 9.86. The summed E-state index contributed by atoms with van der Waals surface area (Å²) in [6.07, 6.45) is 3.49. The van der Waals surface area contributed by atoms with E-state index in [4.69, 9.17) is 11.5 Å². The van der Waals surface area contributed by atoms with Crippen LogP contribution >= 0.6 is 0 Å². The molecule has 0 aliphatic carbocycles. The Morgan fingerprint density at radius 2 is 1.54 bits per heavy atom. The lowest BCUT2D eigenvalue weighted by Crippen LogP contribution is -2.59. The van der Waals surface area contributed by atoms with Gasteiger partial charge in [-0.2, -0.15) is 0 Å². The molecule has 22 nitrogen and oxygen atoms in total. The minimum atomic E-state index is -1.61. The molecule has 13 N–H and O–H groups in total. The van der Waals surface area contributed by atoms with Crippen molar-refractivity contribution in [3.05, 3.63) is 18.2 Å². The molecule has 1 aromatic heterocycles. The van der Waals surface area contributed by atoms with Crippen LogP contribution in [-0.4, -0.2) is 140 Å². The molecule has 8 atom stereocenters.